The largest absolute Gasteiger partial charge is 0.439 e. The first-order chi connectivity index (χ1) is 34.2. The normalized spacial score (nSPS) is 11.4. The van der Waals surface area contributed by atoms with Crippen molar-refractivity contribution in [2.75, 3.05) is 30.3 Å². The molecule has 0 unspecified atom stereocenters. The number of nitrogens with zero attached hydrogens (tertiary/aromatic N) is 5. The van der Waals surface area contributed by atoms with Crippen LogP contribution in [0, 0.1) is 0 Å². The Bertz CT molecular complexity index is 2940. The van der Waals surface area contributed by atoms with E-state index in [1.807, 2.05) is 24.3 Å². The lowest BCUT2D eigenvalue weighted by atomic mass is 10.1. The number of para-hydroxylation sites is 4. The Morgan fingerprint density at radius 2 is 0.775 bits per heavy atom. The molecule has 8 rings (SSSR count). The van der Waals surface area contributed by atoms with E-state index < -0.39 is 30.0 Å². The van der Waals surface area contributed by atoms with Gasteiger partial charge in [0.2, 0.25) is 11.8 Å². The molecule has 19 heteroatoms. The maximum Gasteiger partial charge on any atom is 0.327 e. The molecule has 0 saturated heterocycles. The summed E-state index contributed by atoms with van der Waals surface area (Å²) in [6.07, 6.45) is 2.55. The number of nitrogens with one attached hydrogen (secondary N) is 2. The Morgan fingerprint density at radius 1 is 0.451 bits per heavy atom. The van der Waals surface area contributed by atoms with Gasteiger partial charge in [0.25, 0.3) is 20.2 Å². The molecule has 0 spiro atoms. The lowest BCUT2D eigenvalue weighted by Gasteiger charge is -2.13. The number of aromatic nitrogens is 4. The minimum Gasteiger partial charge on any atom is -0.439 e. The van der Waals surface area contributed by atoms with Gasteiger partial charge in [-0.2, -0.15) is 36.8 Å². The predicted molar refractivity (Wildman–Crippen MR) is 272 cm³/mol. The van der Waals surface area contributed by atoms with Crippen LogP contribution in [0.1, 0.15) is 31.9 Å². The lowest BCUT2D eigenvalue weighted by Crippen LogP contribution is -2.21. The summed E-state index contributed by atoms with van der Waals surface area (Å²) in [7, 11) is -9.72. The van der Waals surface area contributed by atoms with Crippen LogP contribution in [0.3, 0.4) is 0 Å². The van der Waals surface area contributed by atoms with Gasteiger partial charge in [0, 0.05) is 23.5 Å². The van der Waals surface area contributed by atoms with Crippen LogP contribution < -0.4 is 29.6 Å². The highest BCUT2D eigenvalue weighted by molar-refractivity contribution is 7.86. The molecule has 364 valence electrons. The second kappa shape index (κ2) is 23.9. The summed E-state index contributed by atoms with van der Waals surface area (Å²) in [4.78, 5) is 18.8. The number of ether oxygens (including phenoxy) is 4. The smallest absolute Gasteiger partial charge is 0.327 e. The second-order valence-corrected chi connectivity index (χ2v) is 17.8. The van der Waals surface area contributed by atoms with Gasteiger partial charge in [0.05, 0.1) is 0 Å². The van der Waals surface area contributed by atoms with Gasteiger partial charge >= 0.3 is 12.0 Å². The zero-order valence-electron chi connectivity index (χ0n) is 38.7. The van der Waals surface area contributed by atoms with E-state index in [2.05, 4.69) is 56.2 Å². The van der Waals surface area contributed by atoms with E-state index in [4.69, 9.17) is 18.9 Å². The highest BCUT2D eigenvalue weighted by Crippen LogP contribution is 2.32. The first-order valence-electron chi connectivity index (χ1n) is 22.1. The quantitative estimate of drug-likeness (QED) is 0.0436. The monoisotopic (exact) mass is 995 g/mol. The maximum absolute atomic E-state index is 12.7. The highest BCUT2D eigenvalue weighted by Gasteiger charge is 2.19. The van der Waals surface area contributed by atoms with Crippen LogP contribution in [0.2, 0.25) is 0 Å². The van der Waals surface area contributed by atoms with Crippen molar-refractivity contribution in [1.82, 2.24) is 24.8 Å². The van der Waals surface area contributed by atoms with Crippen LogP contribution in [0.4, 0.5) is 23.0 Å². The molecule has 0 bridgehead atoms. The lowest BCUT2D eigenvalue weighted by molar-refractivity contribution is 0.321. The van der Waals surface area contributed by atoms with Gasteiger partial charge in [0.1, 0.15) is 44.4 Å². The third-order valence-electron chi connectivity index (χ3n) is 10.1. The van der Waals surface area contributed by atoms with Crippen LogP contribution in [0.25, 0.3) is 12.2 Å². The molecule has 0 aliphatic heterocycles. The Hall–Kier alpha value is -8.20. The standard InChI is InChI=1S/C46H34N6O10S2.C6H15N/c53-63(54,55)39-27-33(47-41-29-43(59-35-13-5-1-6-14-35)51-45(49-41)61-37-17-9-3-10-18-37)25-23-31(39)21-22-32-24-26-34(28-40(32)64(56,57)58)48-42-30-44(60-36-15-7-2-8-16-36)52-46(50-42)62-38-19-11-4-12-20-38;1-4-7(5-2)6-3/h1-30H,(H,47,49,51)(H,48,50,52)(H,53,54,55)(H,56,57,58);4-6H2,1-3H3. The fourth-order valence-electron chi connectivity index (χ4n) is 6.63. The van der Waals surface area contributed by atoms with Crippen molar-refractivity contribution >= 4 is 55.4 Å². The van der Waals surface area contributed by atoms with Crippen LogP contribution in [-0.2, 0) is 20.2 Å². The topological polar surface area (TPSA) is 225 Å². The van der Waals surface area contributed by atoms with E-state index in [9.17, 15) is 25.9 Å². The maximum atomic E-state index is 12.7. The molecule has 17 nitrogen and oxygen atoms in total. The third-order valence-corrected chi connectivity index (χ3v) is 11.9. The minimum absolute atomic E-state index is 0.0155. The Labute approximate surface area is 412 Å². The van der Waals surface area contributed by atoms with Gasteiger partial charge in [-0.1, -0.05) is 118 Å². The van der Waals surface area contributed by atoms with Crippen LogP contribution >= 0.6 is 0 Å². The molecule has 0 fully saturated rings. The first-order valence-corrected chi connectivity index (χ1v) is 25.0. The molecule has 0 amide bonds. The highest BCUT2D eigenvalue weighted by atomic mass is 32.2. The molecule has 2 heterocycles. The number of rotatable bonds is 19. The molecule has 8 aromatic rings. The summed E-state index contributed by atoms with van der Waals surface area (Å²) in [5.41, 5.74) is 0.345. The summed E-state index contributed by atoms with van der Waals surface area (Å²) in [6.45, 7) is 10.1. The van der Waals surface area contributed by atoms with Crippen molar-refractivity contribution in [3.8, 4) is 46.8 Å². The van der Waals surface area contributed by atoms with E-state index in [0.717, 1.165) is 12.1 Å². The zero-order valence-corrected chi connectivity index (χ0v) is 40.3. The van der Waals surface area contributed by atoms with Gasteiger partial charge in [-0.15, -0.1) is 0 Å². The Morgan fingerprint density at radius 3 is 1.07 bits per heavy atom. The summed E-state index contributed by atoms with van der Waals surface area (Å²) in [5, 5.41) is 6.00. The SMILES string of the molecule is CCN(CC)CC.O=S(=O)(O)c1cc(Nc2cc(Oc3ccccc3)nc(Oc3ccccc3)n2)ccc1C=Cc1ccc(Nc2cc(Oc3ccccc3)nc(Oc3ccccc3)n2)cc1S(=O)(=O)O. The number of hydrogen-bond donors (Lipinski definition) is 4. The number of hydrogen-bond acceptors (Lipinski definition) is 15. The number of benzene rings is 6. The van der Waals surface area contributed by atoms with Crippen molar-refractivity contribution in [3.63, 3.8) is 0 Å². The zero-order chi connectivity index (χ0) is 50.2. The third kappa shape index (κ3) is 15.1. The van der Waals surface area contributed by atoms with E-state index in [1.165, 1.54) is 68.2 Å². The van der Waals surface area contributed by atoms with E-state index in [-0.39, 0.29) is 57.9 Å². The molecule has 4 N–H and O–H groups in total. The van der Waals surface area contributed by atoms with Crippen LogP contribution in [0.15, 0.2) is 180 Å². The van der Waals surface area contributed by atoms with Crippen molar-refractivity contribution in [2.45, 2.75) is 30.6 Å². The summed E-state index contributed by atoms with van der Waals surface area (Å²) < 4.78 is 95.1. The van der Waals surface area contributed by atoms with Crippen molar-refractivity contribution in [2.24, 2.45) is 0 Å². The average Bonchev–Trinajstić information content (AvgIpc) is 3.35. The molecular weight excluding hydrogens is 947 g/mol. The summed E-state index contributed by atoms with van der Waals surface area (Å²) >= 11 is 0. The molecule has 6 aromatic carbocycles. The minimum atomic E-state index is -4.86. The van der Waals surface area contributed by atoms with Gasteiger partial charge in [0.15, 0.2) is 0 Å². The van der Waals surface area contributed by atoms with Gasteiger partial charge in [-0.05, 0) is 104 Å². The molecule has 71 heavy (non-hydrogen) atoms. The average molecular weight is 996 g/mol. The second-order valence-electron chi connectivity index (χ2n) is 15.1. The molecule has 0 saturated carbocycles. The van der Waals surface area contributed by atoms with Crippen LogP contribution in [0.5, 0.6) is 46.8 Å². The predicted octanol–water partition coefficient (Wildman–Crippen LogP) is 11.9. The molecular formula is C52H49N7O10S2. The Balaban J connectivity index is 0.000000985. The molecule has 2 aromatic heterocycles. The summed E-state index contributed by atoms with van der Waals surface area (Å²) in [6, 6.07) is 46.3. The Kier molecular flexibility index (Phi) is 17.0. The van der Waals surface area contributed by atoms with E-state index in [1.54, 1.807) is 97.1 Å². The molecule has 0 aliphatic rings. The van der Waals surface area contributed by atoms with Crippen LogP contribution in [-0.4, -0.2) is 70.4 Å². The van der Waals surface area contributed by atoms with Gasteiger partial charge in [-0.25, -0.2) is 0 Å². The van der Waals surface area contributed by atoms with Gasteiger partial charge in [-0.3, -0.25) is 9.11 Å². The fourth-order valence-corrected chi connectivity index (χ4v) is 8.05. The van der Waals surface area contributed by atoms with E-state index >= 15 is 0 Å². The number of anilines is 4. The summed E-state index contributed by atoms with van der Waals surface area (Å²) in [5.74, 6) is 2.42. The fraction of sp³-hybridized carbons (Fsp3) is 0.115. The molecule has 0 aliphatic carbocycles. The van der Waals surface area contributed by atoms with Crippen molar-refractivity contribution in [1.29, 1.82) is 0 Å². The first kappa shape index (κ1) is 50.7. The van der Waals surface area contributed by atoms with Crippen molar-refractivity contribution in [3.05, 3.63) is 181 Å². The van der Waals surface area contributed by atoms with Gasteiger partial charge < -0.3 is 34.5 Å². The van der Waals surface area contributed by atoms with Crippen molar-refractivity contribution < 1.29 is 44.9 Å². The molecule has 0 radical (unpaired) electrons. The van der Waals surface area contributed by atoms with E-state index in [0.29, 0.717) is 23.0 Å². The molecule has 0 atom stereocenters.